The zero-order valence-electron chi connectivity index (χ0n) is 14.2. The number of hydrogen-bond donors (Lipinski definition) is 0. The average Bonchev–Trinajstić information content (AvgIpc) is 2.88. The highest BCUT2D eigenvalue weighted by molar-refractivity contribution is 8.18. The normalized spacial score (nSPS) is 15.7. The van der Waals surface area contributed by atoms with Gasteiger partial charge in [-0.2, -0.15) is 0 Å². The Bertz CT molecular complexity index is 883. The second-order valence-corrected chi connectivity index (χ2v) is 6.95. The molecule has 1 aliphatic heterocycles. The molecular formula is C19H16ClNO4S. The third kappa shape index (κ3) is 3.86. The van der Waals surface area contributed by atoms with Crippen LogP contribution in [0.2, 0.25) is 5.02 Å². The van der Waals surface area contributed by atoms with E-state index in [0.29, 0.717) is 33.6 Å². The molecule has 0 unspecified atom stereocenters. The van der Waals surface area contributed by atoms with Gasteiger partial charge in [0.2, 0.25) is 0 Å². The molecule has 134 valence electrons. The molecule has 2 amide bonds. The van der Waals surface area contributed by atoms with Gasteiger partial charge < -0.3 is 9.47 Å². The van der Waals surface area contributed by atoms with Crippen molar-refractivity contribution < 1.29 is 19.1 Å². The van der Waals surface area contributed by atoms with E-state index in [-0.39, 0.29) is 11.1 Å². The van der Waals surface area contributed by atoms with Gasteiger partial charge >= 0.3 is 0 Å². The van der Waals surface area contributed by atoms with Crippen LogP contribution in [0.25, 0.3) is 6.08 Å². The molecule has 0 N–H and O–H groups in total. The Labute approximate surface area is 160 Å². The maximum absolute atomic E-state index is 12.0. The molecule has 0 aliphatic carbocycles. The molecule has 0 bridgehead atoms. The van der Waals surface area contributed by atoms with Crippen molar-refractivity contribution >= 4 is 40.6 Å². The predicted molar refractivity (Wildman–Crippen MR) is 103 cm³/mol. The van der Waals surface area contributed by atoms with Crippen LogP contribution in [0.3, 0.4) is 0 Å². The summed E-state index contributed by atoms with van der Waals surface area (Å²) in [5.41, 5.74) is 1.66. The molecule has 1 saturated heterocycles. The standard InChI is InChI=1S/C19H16ClNO4S/c1-21-18(22)16(26-19(21)23)10-13-8-14(20)17(15(9-13)24-2)25-11-12-6-4-3-5-7-12/h3-10H,11H2,1-2H3/b16-10-. The van der Waals surface area contributed by atoms with Crippen LogP contribution in [-0.2, 0) is 11.4 Å². The summed E-state index contributed by atoms with van der Waals surface area (Å²) < 4.78 is 11.2. The number of ether oxygens (including phenoxy) is 2. The highest BCUT2D eigenvalue weighted by atomic mass is 35.5. The maximum atomic E-state index is 12.0. The molecule has 3 rings (SSSR count). The van der Waals surface area contributed by atoms with Crippen LogP contribution in [0.15, 0.2) is 47.4 Å². The number of amides is 2. The van der Waals surface area contributed by atoms with Gasteiger partial charge in [-0.05, 0) is 41.1 Å². The van der Waals surface area contributed by atoms with E-state index in [9.17, 15) is 9.59 Å². The smallest absolute Gasteiger partial charge is 0.293 e. The number of likely N-dealkylation sites (N-methyl/N-ethyl adjacent to an activating group) is 1. The third-order valence-electron chi connectivity index (χ3n) is 3.76. The van der Waals surface area contributed by atoms with Crippen LogP contribution >= 0.6 is 23.4 Å². The number of hydrogen-bond acceptors (Lipinski definition) is 5. The topological polar surface area (TPSA) is 55.8 Å². The van der Waals surface area contributed by atoms with Crippen LogP contribution < -0.4 is 9.47 Å². The van der Waals surface area contributed by atoms with Crippen LogP contribution in [0.5, 0.6) is 11.5 Å². The molecule has 1 fully saturated rings. The number of carbonyl (C=O) groups excluding carboxylic acids is 2. The molecule has 0 spiro atoms. The molecule has 5 nitrogen and oxygen atoms in total. The fraction of sp³-hybridized carbons (Fsp3) is 0.158. The molecule has 2 aromatic rings. The van der Waals surface area contributed by atoms with Crippen LogP contribution in [-0.4, -0.2) is 30.2 Å². The van der Waals surface area contributed by atoms with Crippen LogP contribution in [0.1, 0.15) is 11.1 Å². The molecule has 0 atom stereocenters. The van der Waals surface area contributed by atoms with Crippen molar-refractivity contribution in [1.82, 2.24) is 4.90 Å². The van der Waals surface area contributed by atoms with Gasteiger partial charge in [0.15, 0.2) is 11.5 Å². The fourth-order valence-corrected chi connectivity index (χ4v) is 3.49. The first-order valence-electron chi connectivity index (χ1n) is 7.75. The molecule has 26 heavy (non-hydrogen) atoms. The van der Waals surface area contributed by atoms with Crippen molar-refractivity contribution in [1.29, 1.82) is 0 Å². The van der Waals surface area contributed by atoms with Crippen molar-refractivity contribution in [3.63, 3.8) is 0 Å². The molecule has 0 radical (unpaired) electrons. The number of nitrogens with zero attached hydrogens (tertiary/aromatic N) is 1. The minimum atomic E-state index is -0.334. The lowest BCUT2D eigenvalue weighted by atomic mass is 10.1. The largest absolute Gasteiger partial charge is 0.493 e. The highest BCUT2D eigenvalue weighted by Gasteiger charge is 2.31. The molecule has 0 aromatic heterocycles. The predicted octanol–water partition coefficient (Wildman–Crippen LogP) is 4.59. The Hall–Kier alpha value is -2.44. The van der Waals surface area contributed by atoms with Crippen molar-refractivity contribution in [3.8, 4) is 11.5 Å². The summed E-state index contributed by atoms with van der Waals surface area (Å²) >= 11 is 7.25. The molecule has 1 aliphatic rings. The van der Waals surface area contributed by atoms with E-state index >= 15 is 0 Å². The lowest BCUT2D eigenvalue weighted by Crippen LogP contribution is -2.22. The van der Waals surface area contributed by atoms with Gasteiger partial charge in [0.05, 0.1) is 17.0 Å². The van der Waals surface area contributed by atoms with E-state index in [4.69, 9.17) is 21.1 Å². The van der Waals surface area contributed by atoms with E-state index in [0.717, 1.165) is 22.2 Å². The van der Waals surface area contributed by atoms with E-state index in [2.05, 4.69) is 0 Å². The number of rotatable bonds is 5. The Morgan fingerprint density at radius 2 is 1.92 bits per heavy atom. The lowest BCUT2D eigenvalue weighted by Gasteiger charge is -2.13. The minimum Gasteiger partial charge on any atom is -0.493 e. The van der Waals surface area contributed by atoms with Crippen molar-refractivity contribution in [2.75, 3.05) is 14.2 Å². The van der Waals surface area contributed by atoms with Crippen LogP contribution in [0.4, 0.5) is 4.79 Å². The maximum Gasteiger partial charge on any atom is 0.293 e. The van der Waals surface area contributed by atoms with Gasteiger partial charge in [-0.1, -0.05) is 41.9 Å². The number of halogens is 1. The number of thioether (sulfide) groups is 1. The molecule has 2 aromatic carbocycles. The van der Waals surface area contributed by atoms with Gasteiger partial charge in [0, 0.05) is 7.05 Å². The second-order valence-electron chi connectivity index (χ2n) is 5.55. The molecular weight excluding hydrogens is 374 g/mol. The second kappa shape index (κ2) is 7.85. The Morgan fingerprint density at radius 1 is 1.19 bits per heavy atom. The van der Waals surface area contributed by atoms with Gasteiger partial charge in [-0.25, -0.2) is 0 Å². The number of benzene rings is 2. The molecule has 0 saturated carbocycles. The van der Waals surface area contributed by atoms with Crippen LogP contribution in [0, 0.1) is 0 Å². The van der Waals surface area contributed by atoms with Crippen molar-refractivity contribution in [3.05, 3.63) is 63.5 Å². The number of methoxy groups -OCH3 is 1. The van der Waals surface area contributed by atoms with Crippen molar-refractivity contribution in [2.45, 2.75) is 6.61 Å². The summed E-state index contributed by atoms with van der Waals surface area (Å²) in [4.78, 5) is 25.0. The summed E-state index contributed by atoms with van der Waals surface area (Å²) in [6, 6.07) is 13.1. The van der Waals surface area contributed by atoms with E-state index in [1.165, 1.54) is 14.2 Å². The quantitative estimate of drug-likeness (QED) is 0.700. The van der Waals surface area contributed by atoms with Gasteiger partial charge in [0.1, 0.15) is 6.61 Å². The zero-order chi connectivity index (χ0) is 18.7. The molecule has 7 heteroatoms. The Balaban J connectivity index is 1.86. The van der Waals surface area contributed by atoms with E-state index in [1.807, 2.05) is 30.3 Å². The number of carbonyl (C=O) groups is 2. The third-order valence-corrected chi connectivity index (χ3v) is 5.00. The van der Waals surface area contributed by atoms with Gasteiger partial charge in [-0.3, -0.25) is 14.5 Å². The fourth-order valence-electron chi connectivity index (χ4n) is 2.39. The molecule has 1 heterocycles. The highest BCUT2D eigenvalue weighted by Crippen LogP contribution is 2.39. The summed E-state index contributed by atoms with van der Waals surface area (Å²) in [6.45, 7) is 0.352. The summed E-state index contributed by atoms with van der Waals surface area (Å²) in [6.07, 6.45) is 1.61. The van der Waals surface area contributed by atoms with Gasteiger partial charge in [0.25, 0.3) is 11.1 Å². The van der Waals surface area contributed by atoms with E-state index in [1.54, 1.807) is 18.2 Å². The zero-order valence-corrected chi connectivity index (χ0v) is 15.8. The lowest BCUT2D eigenvalue weighted by molar-refractivity contribution is -0.121. The first-order valence-corrected chi connectivity index (χ1v) is 8.95. The SMILES string of the molecule is COc1cc(/C=C2\SC(=O)N(C)C2=O)cc(Cl)c1OCc1ccccc1. The first kappa shape index (κ1) is 18.4. The summed E-state index contributed by atoms with van der Waals surface area (Å²) in [5, 5.41) is 0.0596. The van der Waals surface area contributed by atoms with Gasteiger partial charge in [-0.15, -0.1) is 0 Å². The number of imide groups is 1. The Kier molecular flexibility index (Phi) is 5.54. The van der Waals surface area contributed by atoms with Crippen molar-refractivity contribution in [2.24, 2.45) is 0 Å². The monoisotopic (exact) mass is 389 g/mol. The Morgan fingerprint density at radius 3 is 2.54 bits per heavy atom. The minimum absolute atomic E-state index is 0.304. The average molecular weight is 390 g/mol. The summed E-state index contributed by atoms with van der Waals surface area (Å²) in [7, 11) is 2.97. The van der Waals surface area contributed by atoms with E-state index < -0.39 is 0 Å². The summed E-state index contributed by atoms with van der Waals surface area (Å²) in [5.74, 6) is 0.550. The first-order chi connectivity index (χ1) is 12.5.